The van der Waals surface area contributed by atoms with Crippen molar-refractivity contribution in [3.63, 3.8) is 0 Å². The zero-order chi connectivity index (χ0) is 13.1. The molecular formula is C14H20N2O2. The Hall–Kier alpha value is -1.39. The fourth-order valence-electron chi connectivity index (χ4n) is 2.34. The number of carbonyl (C=O) groups excluding carboxylic acids is 1. The first-order chi connectivity index (χ1) is 8.58. The third-order valence-electron chi connectivity index (χ3n) is 3.15. The first-order valence-corrected chi connectivity index (χ1v) is 6.33. The summed E-state index contributed by atoms with van der Waals surface area (Å²) in [7, 11) is 0. The molecule has 2 rings (SSSR count). The molecule has 1 aromatic rings. The van der Waals surface area contributed by atoms with Gasteiger partial charge in [0.2, 0.25) is 0 Å². The lowest BCUT2D eigenvalue weighted by Gasteiger charge is -2.13. The normalized spacial score (nSPS) is 23.1. The summed E-state index contributed by atoms with van der Waals surface area (Å²) in [6.07, 6.45) is 1.28. The van der Waals surface area contributed by atoms with E-state index in [1.54, 1.807) is 0 Å². The van der Waals surface area contributed by atoms with E-state index >= 15 is 0 Å². The molecule has 0 spiro atoms. The fourth-order valence-corrected chi connectivity index (χ4v) is 2.34. The van der Waals surface area contributed by atoms with Crippen LogP contribution in [0.2, 0.25) is 0 Å². The van der Waals surface area contributed by atoms with E-state index in [0.29, 0.717) is 6.54 Å². The third kappa shape index (κ3) is 3.09. The summed E-state index contributed by atoms with van der Waals surface area (Å²) in [4.78, 5) is 12.0. The molecule has 0 radical (unpaired) electrons. The highest BCUT2D eigenvalue weighted by molar-refractivity contribution is 5.94. The molecule has 3 N–H and O–H groups in total. The van der Waals surface area contributed by atoms with Crippen LogP contribution in [0.25, 0.3) is 0 Å². The minimum Gasteiger partial charge on any atom is -0.364 e. The van der Waals surface area contributed by atoms with Gasteiger partial charge < -0.3 is 15.8 Å². The first-order valence-electron chi connectivity index (χ1n) is 6.33. The topological polar surface area (TPSA) is 64.4 Å². The molecule has 1 amide bonds. The van der Waals surface area contributed by atoms with Crippen molar-refractivity contribution >= 4 is 11.6 Å². The van der Waals surface area contributed by atoms with Crippen LogP contribution in [0.15, 0.2) is 18.2 Å². The molecule has 0 saturated carbocycles. The number of benzene rings is 1. The summed E-state index contributed by atoms with van der Waals surface area (Å²) in [6, 6.07) is 5.99. The Bertz CT molecular complexity index is 425. The number of ether oxygens (including phenoxy) is 1. The largest absolute Gasteiger partial charge is 0.364 e. The van der Waals surface area contributed by atoms with Crippen molar-refractivity contribution in [1.29, 1.82) is 0 Å². The molecule has 4 heteroatoms. The van der Waals surface area contributed by atoms with Crippen molar-refractivity contribution in [1.82, 2.24) is 0 Å². The summed E-state index contributed by atoms with van der Waals surface area (Å²) in [5, 5.41) is 2.91. The molecule has 1 aliphatic rings. The van der Waals surface area contributed by atoms with Crippen molar-refractivity contribution in [2.24, 2.45) is 5.73 Å². The zero-order valence-corrected chi connectivity index (χ0v) is 10.9. The molecule has 1 aliphatic heterocycles. The van der Waals surface area contributed by atoms with Crippen molar-refractivity contribution < 1.29 is 9.53 Å². The minimum absolute atomic E-state index is 0.0278. The monoisotopic (exact) mass is 248 g/mol. The highest BCUT2D eigenvalue weighted by atomic mass is 16.5. The maximum absolute atomic E-state index is 12.0. The lowest BCUT2D eigenvalue weighted by molar-refractivity contribution is -0.126. The van der Waals surface area contributed by atoms with Crippen LogP contribution < -0.4 is 11.1 Å². The van der Waals surface area contributed by atoms with Gasteiger partial charge in [-0.3, -0.25) is 4.79 Å². The summed E-state index contributed by atoms with van der Waals surface area (Å²) < 4.78 is 5.57. The average Bonchev–Trinajstić information content (AvgIpc) is 2.75. The number of anilines is 1. The highest BCUT2D eigenvalue weighted by Crippen LogP contribution is 2.21. The lowest BCUT2D eigenvalue weighted by atomic mass is 10.1. The van der Waals surface area contributed by atoms with E-state index in [1.165, 1.54) is 0 Å². The van der Waals surface area contributed by atoms with Crippen LogP contribution in [-0.2, 0) is 9.53 Å². The van der Waals surface area contributed by atoms with E-state index in [2.05, 4.69) is 11.4 Å². The van der Waals surface area contributed by atoms with Gasteiger partial charge in [-0.25, -0.2) is 0 Å². The lowest BCUT2D eigenvalue weighted by Crippen LogP contribution is -2.29. The standard InChI is InChI=1S/C14H20N2O2/c1-9-5-10(2)7-11(6-9)16-14(17)13-4-3-12(8-15)18-13/h5-7,12-13H,3-4,8,15H2,1-2H3,(H,16,17)/t12-,13+/m1/s1. The zero-order valence-electron chi connectivity index (χ0n) is 10.9. The van der Waals surface area contributed by atoms with Gasteiger partial charge in [0.05, 0.1) is 6.10 Å². The molecule has 98 valence electrons. The molecule has 4 nitrogen and oxygen atoms in total. The van der Waals surface area contributed by atoms with Gasteiger partial charge in [0.25, 0.3) is 5.91 Å². The number of hydrogen-bond donors (Lipinski definition) is 2. The second-order valence-corrected chi connectivity index (χ2v) is 4.93. The molecular weight excluding hydrogens is 228 g/mol. The second-order valence-electron chi connectivity index (χ2n) is 4.93. The van der Waals surface area contributed by atoms with Crippen LogP contribution in [0.3, 0.4) is 0 Å². The van der Waals surface area contributed by atoms with Gasteiger partial charge >= 0.3 is 0 Å². The van der Waals surface area contributed by atoms with Crippen LogP contribution in [0, 0.1) is 13.8 Å². The third-order valence-corrected chi connectivity index (χ3v) is 3.15. The smallest absolute Gasteiger partial charge is 0.253 e. The molecule has 18 heavy (non-hydrogen) atoms. The van der Waals surface area contributed by atoms with Crippen LogP contribution in [0.5, 0.6) is 0 Å². The maximum atomic E-state index is 12.0. The molecule has 0 bridgehead atoms. The summed E-state index contributed by atoms with van der Waals surface area (Å²) in [6.45, 7) is 4.51. The molecule has 1 aromatic carbocycles. The molecule has 0 aromatic heterocycles. The molecule has 0 aliphatic carbocycles. The Morgan fingerprint density at radius 3 is 2.56 bits per heavy atom. The van der Waals surface area contributed by atoms with Crippen molar-refractivity contribution in [3.8, 4) is 0 Å². The first kappa shape index (κ1) is 13.1. The Balaban J connectivity index is 1.99. The van der Waals surface area contributed by atoms with Crippen LogP contribution in [0.4, 0.5) is 5.69 Å². The molecule has 1 heterocycles. The van der Waals surface area contributed by atoms with E-state index in [4.69, 9.17) is 10.5 Å². The van der Waals surface area contributed by atoms with E-state index in [0.717, 1.165) is 29.7 Å². The number of carbonyl (C=O) groups is 1. The number of nitrogens with two attached hydrogens (primary N) is 1. The highest BCUT2D eigenvalue weighted by Gasteiger charge is 2.29. The fraction of sp³-hybridized carbons (Fsp3) is 0.500. The van der Waals surface area contributed by atoms with Crippen LogP contribution in [-0.4, -0.2) is 24.7 Å². The summed E-state index contributed by atoms with van der Waals surface area (Å²) in [5.74, 6) is -0.0732. The van der Waals surface area contributed by atoms with Crippen molar-refractivity contribution in [2.45, 2.75) is 38.9 Å². The Morgan fingerprint density at radius 2 is 2.00 bits per heavy atom. The van der Waals surface area contributed by atoms with Gasteiger partial charge in [-0.2, -0.15) is 0 Å². The van der Waals surface area contributed by atoms with Crippen LogP contribution in [0.1, 0.15) is 24.0 Å². The summed E-state index contributed by atoms with van der Waals surface area (Å²) >= 11 is 0. The SMILES string of the molecule is Cc1cc(C)cc(NC(=O)[C@@H]2CC[C@H](CN)O2)c1. The van der Waals surface area contributed by atoms with E-state index < -0.39 is 0 Å². The molecule has 1 saturated heterocycles. The number of nitrogens with one attached hydrogen (secondary N) is 1. The van der Waals surface area contributed by atoms with Crippen LogP contribution >= 0.6 is 0 Å². The number of hydrogen-bond acceptors (Lipinski definition) is 3. The number of rotatable bonds is 3. The van der Waals surface area contributed by atoms with E-state index in [1.807, 2.05) is 26.0 Å². The number of amides is 1. The van der Waals surface area contributed by atoms with Gasteiger partial charge in [-0.15, -0.1) is 0 Å². The molecule has 2 atom stereocenters. The Kier molecular flexibility index (Phi) is 3.99. The molecule has 1 fully saturated rings. The van der Waals surface area contributed by atoms with Gasteiger partial charge in [0.15, 0.2) is 0 Å². The molecule has 0 unspecified atom stereocenters. The predicted octanol–water partition coefficient (Wildman–Crippen LogP) is 1.75. The van der Waals surface area contributed by atoms with Crippen molar-refractivity contribution in [3.05, 3.63) is 29.3 Å². The second kappa shape index (κ2) is 5.50. The van der Waals surface area contributed by atoms with Gasteiger partial charge in [-0.1, -0.05) is 6.07 Å². The van der Waals surface area contributed by atoms with Gasteiger partial charge in [-0.05, 0) is 49.9 Å². The van der Waals surface area contributed by atoms with Gasteiger partial charge in [0, 0.05) is 12.2 Å². The minimum atomic E-state index is -0.362. The predicted molar refractivity (Wildman–Crippen MR) is 71.5 cm³/mol. The van der Waals surface area contributed by atoms with E-state index in [9.17, 15) is 4.79 Å². The van der Waals surface area contributed by atoms with E-state index in [-0.39, 0.29) is 18.1 Å². The van der Waals surface area contributed by atoms with Gasteiger partial charge in [0.1, 0.15) is 6.10 Å². The average molecular weight is 248 g/mol. The Morgan fingerprint density at radius 1 is 1.33 bits per heavy atom. The maximum Gasteiger partial charge on any atom is 0.253 e. The quantitative estimate of drug-likeness (QED) is 0.856. The Labute approximate surface area is 108 Å². The number of aryl methyl sites for hydroxylation is 2. The van der Waals surface area contributed by atoms with Crippen molar-refractivity contribution in [2.75, 3.05) is 11.9 Å². The summed E-state index contributed by atoms with van der Waals surface area (Å²) in [5.41, 5.74) is 8.64.